The van der Waals surface area contributed by atoms with Crippen LogP contribution in [0.3, 0.4) is 0 Å². The Balaban J connectivity index is 2.00. The van der Waals surface area contributed by atoms with Gasteiger partial charge in [0.25, 0.3) is 0 Å². The second-order valence-corrected chi connectivity index (χ2v) is 4.53. The average molecular weight is 153 g/mol. The molecule has 1 nitrogen and oxygen atoms in total. The summed E-state index contributed by atoms with van der Waals surface area (Å²) < 4.78 is 0. The maximum atomic E-state index is 3.41. The number of hydrogen-bond donors (Lipinski definition) is 1. The smallest absolute Gasteiger partial charge is 0.00980 e. The van der Waals surface area contributed by atoms with E-state index in [0.717, 1.165) is 29.7 Å². The zero-order valence-corrected chi connectivity index (χ0v) is 7.80. The van der Waals surface area contributed by atoms with Crippen LogP contribution < -0.4 is 5.32 Å². The molecular weight excluding hydrogens is 134 g/mol. The van der Waals surface area contributed by atoms with Gasteiger partial charge in [0.1, 0.15) is 0 Å². The monoisotopic (exact) mass is 153 g/mol. The van der Waals surface area contributed by atoms with Crippen LogP contribution in [0.25, 0.3) is 0 Å². The number of nitrogens with one attached hydrogen (secondary N) is 1. The van der Waals surface area contributed by atoms with E-state index in [0.29, 0.717) is 0 Å². The first-order valence-corrected chi connectivity index (χ1v) is 4.91. The highest BCUT2D eigenvalue weighted by molar-refractivity contribution is 5.02. The van der Waals surface area contributed by atoms with Crippen LogP contribution in [0.15, 0.2) is 0 Å². The van der Waals surface area contributed by atoms with Gasteiger partial charge < -0.3 is 5.32 Å². The Morgan fingerprint density at radius 3 is 2.36 bits per heavy atom. The molecule has 2 saturated carbocycles. The predicted molar refractivity (Wildman–Crippen MR) is 47.4 cm³/mol. The minimum absolute atomic E-state index is 0.854. The van der Waals surface area contributed by atoms with Crippen LogP contribution in [0.1, 0.15) is 26.7 Å². The van der Waals surface area contributed by atoms with Crippen molar-refractivity contribution in [3.63, 3.8) is 0 Å². The van der Waals surface area contributed by atoms with E-state index in [2.05, 4.69) is 26.2 Å². The molecular formula is C10H19N. The molecule has 0 amide bonds. The van der Waals surface area contributed by atoms with Crippen LogP contribution in [0.4, 0.5) is 0 Å². The summed E-state index contributed by atoms with van der Waals surface area (Å²) in [6.07, 6.45) is 2.91. The fourth-order valence-corrected chi connectivity index (χ4v) is 3.09. The summed E-state index contributed by atoms with van der Waals surface area (Å²) in [5.41, 5.74) is 0. The number of hydrogen-bond acceptors (Lipinski definition) is 1. The molecule has 2 aliphatic carbocycles. The Morgan fingerprint density at radius 2 is 1.82 bits per heavy atom. The number of rotatable bonds is 1. The van der Waals surface area contributed by atoms with Gasteiger partial charge in [0, 0.05) is 6.04 Å². The van der Waals surface area contributed by atoms with Crippen LogP contribution in [-0.2, 0) is 0 Å². The summed E-state index contributed by atoms with van der Waals surface area (Å²) in [5.74, 6) is 4.04. The first-order chi connectivity index (χ1) is 5.24. The Hall–Kier alpha value is -0.0400. The summed E-state index contributed by atoms with van der Waals surface area (Å²) in [7, 11) is 2.11. The van der Waals surface area contributed by atoms with E-state index in [1.807, 2.05) is 0 Å². The van der Waals surface area contributed by atoms with Crippen LogP contribution in [-0.4, -0.2) is 13.1 Å². The van der Waals surface area contributed by atoms with Crippen LogP contribution in [0.2, 0.25) is 0 Å². The van der Waals surface area contributed by atoms with Gasteiger partial charge >= 0.3 is 0 Å². The fourth-order valence-electron chi connectivity index (χ4n) is 3.09. The van der Waals surface area contributed by atoms with Crippen molar-refractivity contribution in [2.24, 2.45) is 23.7 Å². The van der Waals surface area contributed by atoms with Gasteiger partial charge in [-0.3, -0.25) is 0 Å². The maximum Gasteiger partial charge on any atom is 0.00980 e. The van der Waals surface area contributed by atoms with E-state index < -0.39 is 0 Å². The molecule has 0 aromatic heterocycles. The van der Waals surface area contributed by atoms with Gasteiger partial charge in [-0.2, -0.15) is 0 Å². The van der Waals surface area contributed by atoms with Crippen LogP contribution >= 0.6 is 0 Å². The van der Waals surface area contributed by atoms with E-state index in [9.17, 15) is 0 Å². The molecule has 0 spiro atoms. The first-order valence-electron chi connectivity index (χ1n) is 4.91. The van der Waals surface area contributed by atoms with Gasteiger partial charge in [0.15, 0.2) is 0 Å². The predicted octanol–water partition coefficient (Wildman–Crippen LogP) is 1.89. The van der Waals surface area contributed by atoms with E-state index in [-0.39, 0.29) is 0 Å². The first kappa shape index (κ1) is 7.60. The van der Waals surface area contributed by atoms with Gasteiger partial charge in [0.05, 0.1) is 0 Å². The molecule has 2 fully saturated rings. The van der Waals surface area contributed by atoms with Crippen molar-refractivity contribution in [1.29, 1.82) is 0 Å². The molecule has 1 heteroatoms. The van der Waals surface area contributed by atoms with Gasteiger partial charge in [-0.15, -0.1) is 0 Å². The van der Waals surface area contributed by atoms with Crippen molar-refractivity contribution in [2.75, 3.05) is 7.05 Å². The molecule has 0 heterocycles. The molecule has 0 bridgehead atoms. The molecule has 2 rings (SSSR count). The summed E-state index contributed by atoms with van der Waals surface area (Å²) in [4.78, 5) is 0. The summed E-state index contributed by atoms with van der Waals surface area (Å²) >= 11 is 0. The Morgan fingerprint density at radius 1 is 1.09 bits per heavy atom. The van der Waals surface area contributed by atoms with Gasteiger partial charge in [0.2, 0.25) is 0 Å². The maximum absolute atomic E-state index is 3.41. The molecule has 64 valence electrons. The van der Waals surface area contributed by atoms with Crippen LogP contribution in [0.5, 0.6) is 0 Å². The van der Waals surface area contributed by atoms with Crippen LogP contribution in [0, 0.1) is 23.7 Å². The molecule has 0 radical (unpaired) electrons. The average Bonchev–Trinajstić information content (AvgIpc) is 2.15. The fraction of sp³-hybridized carbons (Fsp3) is 1.00. The Bertz CT molecular complexity index is 155. The minimum atomic E-state index is 0.854. The van der Waals surface area contributed by atoms with Gasteiger partial charge in [-0.1, -0.05) is 13.8 Å². The van der Waals surface area contributed by atoms with Gasteiger partial charge in [-0.25, -0.2) is 0 Å². The molecule has 4 unspecified atom stereocenters. The van der Waals surface area contributed by atoms with E-state index >= 15 is 0 Å². The minimum Gasteiger partial charge on any atom is -0.317 e. The van der Waals surface area contributed by atoms with Crippen molar-refractivity contribution in [1.82, 2.24) is 5.32 Å². The highest BCUT2D eigenvalue weighted by Gasteiger charge is 2.49. The SMILES string of the molecule is CNC1C[C@@H]2C(C)C(C)CC12. The molecule has 0 aromatic rings. The highest BCUT2D eigenvalue weighted by atomic mass is 14.9. The van der Waals surface area contributed by atoms with Crippen molar-refractivity contribution in [3.05, 3.63) is 0 Å². The van der Waals surface area contributed by atoms with E-state index in [1.54, 1.807) is 0 Å². The summed E-state index contributed by atoms with van der Waals surface area (Å²) in [6.45, 7) is 4.84. The molecule has 11 heavy (non-hydrogen) atoms. The Kier molecular flexibility index (Phi) is 1.71. The Labute approximate surface area is 69.6 Å². The van der Waals surface area contributed by atoms with Crippen molar-refractivity contribution in [2.45, 2.75) is 32.7 Å². The van der Waals surface area contributed by atoms with Crippen molar-refractivity contribution in [3.8, 4) is 0 Å². The molecule has 5 atom stereocenters. The lowest BCUT2D eigenvalue weighted by Crippen LogP contribution is -2.47. The third-order valence-corrected chi connectivity index (χ3v) is 4.18. The quantitative estimate of drug-likeness (QED) is 0.606. The third-order valence-electron chi connectivity index (χ3n) is 4.18. The van der Waals surface area contributed by atoms with Crippen molar-refractivity contribution >= 4 is 0 Å². The lowest BCUT2D eigenvalue weighted by Gasteiger charge is -2.42. The normalized spacial score (nSPS) is 55.4. The lowest BCUT2D eigenvalue weighted by molar-refractivity contribution is 0.116. The lowest BCUT2D eigenvalue weighted by atomic mass is 9.69. The zero-order chi connectivity index (χ0) is 8.01. The largest absolute Gasteiger partial charge is 0.317 e. The molecule has 1 N–H and O–H groups in total. The van der Waals surface area contributed by atoms with E-state index in [1.165, 1.54) is 12.8 Å². The molecule has 0 aliphatic heterocycles. The summed E-state index contributed by atoms with van der Waals surface area (Å²) in [6, 6.07) is 0.854. The molecule has 0 aromatic carbocycles. The third kappa shape index (κ3) is 0.936. The van der Waals surface area contributed by atoms with E-state index in [4.69, 9.17) is 0 Å². The second-order valence-electron chi connectivity index (χ2n) is 4.53. The molecule has 2 aliphatic rings. The standard InChI is InChI=1S/C10H19N/c1-6-4-9-8(7(6)2)5-10(9)11-3/h6-11H,4-5H2,1-3H3/t6?,7?,8-,9?,10?/m1/s1. The topological polar surface area (TPSA) is 12.0 Å². The van der Waals surface area contributed by atoms with Gasteiger partial charge in [-0.05, 0) is 43.6 Å². The highest BCUT2D eigenvalue weighted by Crippen LogP contribution is 2.52. The zero-order valence-electron chi connectivity index (χ0n) is 7.80. The summed E-state index contributed by atoms with van der Waals surface area (Å²) in [5, 5.41) is 3.41. The number of fused-ring (bicyclic) bond motifs is 1. The van der Waals surface area contributed by atoms with Crippen molar-refractivity contribution < 1.29 is 0 Å². The second kappa shape index (κ2) is 2.48. The molecule has 0 saturated heterocycles.